The number of ketones is 1. The van der Waals surface area contributed by atoms with Gasteiger partial charge >= 0.3 is 0 Å². The number of rotatable bonds is 7. The lowest BCUT2D eigenvalue weighted by molar-refractivity contribution is -0.131. The van der Waals surface area contributed by atoms with Crippen LogP contribution < -0.4 is 21.9 Å². The van der Waals surface area contributed by atoms with E-state index in [0.29, 0.717) is 12.3 Å². The van der Waals surface area contributed by atoms with Gasteiger partial charge in [-0.2, -0.15) is 0 Å². The van der Waals surface area contributed by atoms with Crippen LogP contribution in [-0.4, -0.2) is 36.7 Å². The fourth-order valence-corrected chi connectivity index (χ4v) is 1.52. The summed E-state index contributed by atoms with van der Waals surface area (Å²) in [7, 11) is 1.59. The van der Waals surface area contributed by atoms with E-state index < -0.39 is 23.9 Å². The van der Waals surface area contributed by atoms with Gasteiger partial charge < -0.3 is 11.1 Å². The number of hydrogen-bond acceptors (Lipinski definition) is 5. The molecule has 0 aliphatic rings. The summed E-state index contributed by atoms with van der Waals surface area (Å²) in [4.78, 5) is 34.2. The Labute approximate surface area is 113 Å². The van der Waals surface area contributed by atoms with Crippen molar-refractivity contribution in [2.24, 2.45) is 11.7 Å². The highest BCUT2D eigenvalue weighted by Crippen LogP contribution is 2.02. The minimum atomic E-state index is -0.659. The van der Waals surface area contributed by atoms with Crippen molar-refractivity contribution in [2.75, 3.05) is 7.05 Å². The molecule has 110 valence electrons. The molecule has 0 aliphatic carbocycles. The molecule has 7 nitrogen and oxygen atoms in total. The van der Waals surface area contributed by atoms with Crippen LogP contribution in [0, 0.1) is 5.92 Å². The van der Waals surface area contributed by atoms with Crippen molar-refractivity contribution >= 4 is 17.6 Å². The highest BCUT2D eigenvalue weighted by atomic mass is 16.2. The SMILES string of the molecule is CNC(CC(=O)NNC(=O)C(N)CC(C)C)C(C)=O. The van der Waals surface area contributed by atoms with Crippen LogP contribution in [0.15, 0.2) is 0 Å². The van der Waals surface area contributed by atoms with Crippen LogP contribution in [0.25, 0.3) is 0 Å². The second kappa shape index (κ2) is 8.60. The molecule has 7 heteroatoms. The van der Waals surface area contributed by atoms with Gasteiger partial charge in [-0.05, 0) is 26.3 Å². The van der Waals surface area contributed by atoms with E-state index in [-0.39, 0.29) is 12.2 Å². The Hall–Kier alpha value is -1.47. The molecule has 0 aromatic carbocycles. The number of carbonyl (C=O) groups is 3. The summed E-state index contributed by atoms with van der Waals surface area (Å²) in [5.74, 6) is -0.728. The second-order valence-electron chi connectivity index (χ2n) is 4.93. The van der Waals surface area contributed by atoms with Crippen molar-refractivity contribution in [3.63, 3.8) is 0 Å². The molecule has 0 aromatic heterocycles. The molecule has 5 N–H and O–H groups in total. The number of hydrazine groups is 1. The fourth-order valence-electron chi connectivity index (χ4n) is 1.52. The summed E-state index contributed by atoms with van der Waals surface area (Å²) in [6.07, 6.45) is 0.500. The molecule has 2 unspecified atom stereocenters. The van der Waals surface area contributed by atoms with Gasteiger partial charge in [0.25, 0.3) is 5.91 Å². The zero-order valence-corrected chi connectivity index (χ0v) is 11.9. The molecule has 0 saturated heterocycles. The number of likely N-dealkylation sites (N-methyl/N-ethyl adjacent to an activating group) is 1. The fraction of sp³-hybridized carbons (Fsp3) is 0.750. The first-order valence-electron chi connectivity index (χ1n) is 6.29. The Morgan fingerprint density at radius 3 is 2.16 bits per heavy atom. The van der Waals surface area contributed by atoms with Gasteiger partial charge in [-0.15, -0.1) is 0 Å². The third-order valence-electron chi connectivity index (χ3n) is 2.62. The van der Waals surface area contributed by atoms with Gasteiger partial charge in [0, 0.05) is 0 Å². The summed E-state index contributed by atoms with van der Waals surface area (Å²) >= 11 is 0. The predicted octanol–water partition coefficient (Wildman–Crippen LogP) is -0.926. The van der Waals surface area contributed by atoms with E-state index in [1.54, 1.807) is 7.05 Å². The standard InChI is InChI=1S/C12H24N4O3/c1-7(2)5-9(13)12(19)16-15-11(18)6-10(14-4)8(3)17/h7,9-10,14H,5-6,13H2,1-4H3,(H,15,18)(H,16,19). The molecule has 2 atom stereocenters. The van der Waals surface area contributed by atoms with Crippen molar-refractivity contribution < 1.29 is 14.4 Å². The average Bonchev–Trinajstić information content (AvgIpc) is 2.31. The maximum Gasteiger partial charge on any atom is 0.255 e. The average molecular weight is 272 g/mol. The van der Waals surface area contributed by atoms with E-state index in [1.807, 2.05) is 13.8 Å². The second-order valence-corrected chi connectivity index (χ2v) is 4.93. The van der Waals surface area contributed by atoms with Crippen molar-refractivity contribution in [1.29, 1.82) is 0 Å². The topological polar surface area (TPSA) is 113 Å². The monoisotopic (exact) mass is 272 g/mol. The van der Waals surface area contributed by atoms with E-state index in [2.05, 4.69) is 16.2 Å². The Bertz CT molecular complexity index is 331. The first kappa shape index (κ1) is 17.5. The van der Waals surface area contributed by atoms with E-state index in [1.165, 1.54) is 6.92 Å². The number of nitrogens with two attached hydrogens (primary N) is 1. The van der Waals surface area contributed by atoms with Crippen LogP contribution in [-0.2, 0) is 14.4 Å². The first-order chi connectivity index (χ1) is 8.77. The lowest BCUT2D eigenvalue weighted by atomic mass is 10.0. The lowest BCUT2D eigenvalue weighted by Gasteiger charge is -2.16. The Morgan fingerprint density at radius 2 is 1.74 bits per heavy atom. The molecular weight excluding hydrogens is 248 g/mol. The van der Waals surface area contributed by atoms with E-state index >= 15 is 0 Å². The van der Waals surface area contributed by atoms with Crippen LogP contribution in [0.4, 0.5) is 0 Å². The molecule has 0 spiro atoms. The van der Waals surface area contributed by atoms with Crippen molar-refractivity contribution in [1.82, 2.24) is 16.2 Å². The third-order valence-corrected chi connectivity index (χ3v) is 2.62. The molecule has 0 saturated carbocycles. The molecule has 0 aromatic rings. The lowest BCUT2D eigenvalue weighted by Crippen LogP contribution is -2.51. The number of Topliss-reactive ketones (excluding diaryl/α,β-unsaturated/α-hetero) is 1. The first-order valence-corrected chi connectivity index (χ1v) is 6.29. The van der Waals surface area contributed by atoms with Gasteiger partial charge in [0.2, 0.25) is 5.91 Å². The number of hydrogen-bond donors (Lipinski definition) is 4. The van der Waals surface area contributed by atoms with Gasteiger partial charge in [0.1, 0.15) is 5.78 Å². The van der Waals surface area contributed by atoms with E-state index in [4.69, 9.17) is 5.73 Å². The molecule has 0 fully saturated rings. The van der Waals surface area contributed by atoms with E-state index in [0.717, 1.165) is 0 Å². The Balaban J connectivity index is 4.09. The maximum absolute atomic E-state index is 11.5. The van der Waals surface area contributed by atoms with Crippen LogP contribution in [0.5, 0.6) is 0 Å². The quantitative estimate of drug-likeness (QED) is 0.447. The Morgan fingerprint density at radius 1 is 1.16 bits per heavy atom. The predicted molar refractivity (Wildman–Crippen MR) is 71.9 cm³/mol. The molecule has 0 aliphatic heterocycles. The third kappa shape index (κ3) is 7.53. The van der Waals surface area contributed by atoms with Gasteiger partial charge in [0.05, 0.1) is 18.5 Å². The highest BCUT2D eigenvalue weighted by Gasteiger charge is 2.18. The number of amides is 2. The molecule has 2 amide bonds. The number of carbonyl (C=O) groups excluding carboxylic acids is 3. The smallest absolute Gasteiger partial charge is 0.255 e. The summed E-state index contributed by atoms with van der Waals surface area (Å²) in [6, 6.07) is -1.21. The molecular formula is C12H24N4O3. The van der Waals surface area contributed by atoms with Crippen molar-refractivity contribution in [3.8, 4) is 0 Å². The summed E-state index contributed by atoms with van der Waals surface area (Å²) in [6.45, 7) is 5.30. The minimum Gasteiger partial charge on any atom is -0.320 e. The van der Waals surface area contributed by atoms with Crippen LogP contribution in [0.3, 0.4) is 0 Å². The summed E-state index contributed by atoms with van der Waals surface area (Å²) in [5.41, 5.74) is 10.1. The highest BCUT2D eigenvalue weighted by molar-refractivity contribution is 5.89. The van der Waals surface area contributed by atoms with Gasteiger partial charge in [-0.25, -0.2) is 0 Å². The van der Waals surface area contributed by atoms with Gasteiger partial charge in [-0.1, -0.05) is 13.8 Å². The molecule has 0 rings (SSSR count). The minimum absolute atomic E-state index is 0.0362. The van der Waals surface area contributed by atoms with Crippen LogP contribution >= 0.6 is 0 Å². The normalized spacial score (nSPS) is 13.8. The number of nitrogens with one attached hydrogen (secondary N) is 3. The Kier molecular flexibility index (Phi) is 7.94. The van der Waals surface area contributed by atoms with E-state index in [9.17, 15) is 14.4 Å². The molecule has 19 heavy (non-hydrogen) atoms. The van der Waals surface area contributed by atoms with Gasteiger partial charge in [-0.3, -0.25) is 25.2 Å². The summed E-state index contributed by atoms with van der Waals surface area (Å²) in [5, 5.41) is 2.72. The zero-order valence-electron chi connectivity index (χ0n) is 11.9. The zero-order chi connectivity index (χ0) is 15.0. The molecule has 0 heterocycles. The summed E-state index contributed by atoms with van der Waals surface area (Å²) < 4.78 is 0. The van der Waals surface area contributed by atoms with Crippen molar-refractivity contribution in [2.45, 2.75) is 45.7 Å². The largest absolute Gasteiger partial charge is 0.320 e. The maximum atomic E-state index is 11.5. The van der Waals surface area contributed by atoms with Crippen LogP contribution in [0.2, 0.25) is 0 Å². The molecule has 0 bridgehead atoms. The van der Waals surface area contributed by atoms with Crippen LogP contribution in [0.1, 0.15) is 33.6 Å². The van der Waals surface area contributed by atoms with Crippen molar-refractivity contribution in [3.05, 3.63) is 0 Å². The van der Waals surface area contributed by atoms with Gasteiger partial charge in [0.15, 0.2) is 0 Å². The molecule has 0 radical (unpaired) electrons.